The van der Waals surface area contributed by atoms with Crippen LogP contribution in [0.15, 0.2) is 24.3 Å². The molecule has 3 N–H and O–H groups in total. The number of H-pyrrole nitrogens is 1. The molecule has 1 heterocycles. The second-order valence-corrected chi connectivity index (χ2v) is 4.03. The Labute approximate surface area is 109 Å². The lowest BCUT2D eigenvalue weighted by molar-refractivity contribution is 0.256. The topological polar surface area (TPSA) is 87.9 Å². The van der Waals surface area contributed by atoms with Crippen LogP contribution in [0.2, 0.25) is 5.02 Å². The van der Waals surface area contributed by atoms with Gasteiger partial charge in [-0.05, 0) is 18.2 Å². The van der Waals surface area contributed by atoms with Gasteiger partial charge in [0.15, 0.2) is 0 Å². The van der Waals surface area contributed by atoms with Crippen LogP contribution in [0.5, 0.6) is 0 Å². The van der Waals surface area contributed by atoms with Crippen molar-refractivity contribution in [1.29, 1.82) is 0 Å². The number of urea groups is 1. The number of hydrogen-bond acceptors (Lipinski definition) is 3. The summed E-state index contributed by atoms with van der Waals surface area (Å²) < 4.78 is 0. The normalized spacial score (nSPS) is 10.3. The molecule has 0 bridgehead atoms. The minimum Gasteiger partial charge on any atom is -0.351 e. The molecule has 2 rings (SSSR count). The number of amides is 2. The zero-order chi connectivity index (χ0) is 13.1. The number of anilines is 2. The molecular formula is C11H12ClN5O. The third kappa shape index (κ3) is 2.43. The first-order chi connectivity index (χ1) is 8.61. The third-order valence-corrected chi connectivity index (χ3v) is 2.58. The maximum Gasteiger partial charge on any atom is 0.326 e. The summed E-state index contributed by atoms with van der Waals surface area (Å²) in [6.07, 6.45) is 0.690. The number of carbonyl (C=O) groups excluding carboxylic acids is 1. The van der Waals surface area contributed by atoms with Crippen molar-refractivity contribution in [3.63, 3.8) is 0 Å². The van der Waals surface area contributed by atoms with Crippen molar-refractivity contribution in [2.24, 2.45) is 5.73 Å². The van der Waals surface area contributed by atoms with Gasteiger partial charge >= 0.3 is 6.03 Å². The van der Waals surface area contributed by atoms with Crippen LogP contribution in [0, 0.1) is 0 Å². The highest BCUT2D eigenvalue weighted by Gasteiger charge is 2.19. The first kappa shape index (κ1) is 12.4. The van der Waals surface area contributed by atoms with E-state index in [1.807, 2.05) is 6.92 Å². The number of rotatable bonds is 3. The molecule has 0 saturated carbocycles. The first-order valence-electron chi connectivity index (χ1n) is 5.38. The van der Waals surface area contributed by atoms with Gasteiger partial charge in [0.25, 0.3) is 5.95 Å². The minimum absolute atomic E-state index is 0.210. The van der Waals surface area contributed by atoms with E-state index in [0.29, 0.717) is 23.0 Å². The van der Waals surface area contributed by atoms with E-state index in [1.165, 1.54) is 4.90 Å². The van der Waals surface area contributed by atoms with Crippen LogP contribution in [0.4, 0.5) is 16.4 Å². The highest BCUT2D eigenvalue weighted by atomic mass is 35.5. The number of primary amides is 1. The van der Waals surface area contributed by atoms with Gasteiger partial charge in [-0.1, -0.05) is 24.6 Å². The predicted octanol–water partition coefficient (Wildman–Crippen LogP) is 2.24. The van der Waals surface area contributed by atoms with Crippen molar-refractivity contribution in [1.82, 2.24) is 15.2 Å². The van der Waals surface area contributed by atoms with Crippen LogP contribution in [0.3, 0.4) is 0 Å². The molecular weight excluding hydrogens is 254 g/mol. The number of aromatic amines is 1. The molecule has 0 unspecified atom stereocenters. The van der Waals surface area contributed by atoms with Crippen molar-refractivity contribution in [2.45, 2.75) is 13.3 Å². The fourth-order valence-electron chi connectivity index (χ4n) is 1.50. The van der Waals surface area contributed by atoms with Crippen LogP contribution in [0.1, 0.15) is 12.7 Å². The Balaban J connectivity index is 2.43. The molecule has 1 aromatic carbocycles. The number of halogens is 1. The number of nitrogens with two attached hydrogens (primary N) is 1. The molecule has 0 spiro atoms. The van der Waals surface area contributed by atoms with Gasteiger partial charge in [-0.25, -0.2) is 9.69 Å². The van der Waals surface area contributed by atoms with Crippen molar-refractivity contribution >= 4 is 29.3 Å². The third-order valence-electron chi connectivity index (χ3n) is 2.34. The molecule has 0 radical (unpaired) electrons. The molecule has 0 aliphatic rings. The standard InChI is InChI=1S/C11H12ClN5O/c1-2-9-14-11(16-15-9)17(10(13)18)8-5-3-4-7(12)6-8/h3-6H,2H2,1H3,(H2,13,18)(H,14,15,16). The summed E-state index contributed by atoms with van der Waals surface area (Å²) in [6.45, 7) is 1.93. The Morgan fingerprint density at radius 3 is 2.89 bits per heavy atom. The maximum atomic E-state index is 11.5. The fourth-order valence-corrected chi connectivity index (χ4v) is 1.68. The largest absolute Gasteiger partial charge is 0.351 e. The van der Waals surface area contributed by atoms with Gasteiger partial charge in [-0.15, -0.1) is 5.10 Å². The summed E-state index contributed by atoms with van der Waals surface area (Å²) in [5, 5.41) is 7.20. The molecule has 1 aromatic heterocycles. The molecule has 2 amide bonds. The van der Waals surface area contributed by atoms with E-state index in [1.54, 1.807) is 24.3 Å². The number of aromatic nitrogens is 3. The summed E-state index contributed by atoms with van der Waals surface area (Å²) in [5.74, 6) is 0.889. The Morgan fingerprint density at radius 1 is 1.56 bits per heavy atom. The summed E-state index contributed by atoms with van der Waals surface area (Å²) in [7, 11) is 0. The van der Waals surface area contributed by atoms with Gasteiger partial charge in [-0.2, -0.15) is 4.98 Å². The van der Waals surface area contributed by atoms with E-state index < -0.39 is 6.03 Å². The lowest BCUT2D eigenvalue weighted by atomic mass is 10.3. The van der Waals surface area contributed by atoms with E-state index in [-0.39, 0.29) is 5.95 Å². The Bertz CT molecular complexity index is 568. The Kier molecular flexibility index (Phi) is 3.47. The summed E-state index contributed by atoms with van der Waals surface area (Å²) >= 11 is 5.89. The number of benzene rings is 1. The number of nitrogens with zero attached hydrogens (tertiary/aromatic N) is 3. The predicted molar refractivity (Wildman–Crippen MR) is 68.9 cm³/mol. The molecule has 0 saturated heterocycles. The van der Waals surface area contributed by atoms with Gasteiger partial charge in [0.05, 0.1) is 5.69 Å². The smallest absolute Gasteiger partial charge is 0.326 e. The first-order valence-corrected chi connectivity index (χ1v) is 5.76. The molecule has 18 heavy (non-hydrogen) atoms. The van der Waals surface area contributed by atoms with Crippen molar-refractivity contribution in [3.05, 3.63) is 35.1 Å². The number of hydrogen-bond donors (Lipinski definition) is 2. The summed E-state index contributed by atoms with van der Waals surface area (Å²) in [5.41, 5.74) is 5.88. The molecule has 94 valence electrons. The lowest BCUT2D eigenvalue weighted by Gasteiger charge is -2.16. The van der Waals surface area contributed by atoms with Gasteiger partial charge in [-0.3, -0.25) is 5.10 Å². The average molecular weight is 266 g/mol. The molecule has 0 aliphatic carbocycles. The van der Waals surface area contributed by atoms with Gasteiger partial charge in [0.1, 0.15) is 5.82 Å². The SMILES string of the molecule is CCc1nc(N(C(N)=O)c2cccc(Cl)c2)n[nH]1. The van der Waals surface area contributed by atoms with Crippen LogP contribution < -0.4 is 10.6 Å². The second kappa shape index (κ2) is 5.05. The number of carbonyl (C=O) groups is 1. The molecule has 0 fully saturated rings. The van der Waals surface area contributed by atoms with Gasteiger partial charge in [0, 0.05) is 11.4 Å². The summed E-state index contributed by atoms with van der Waals surface area (Å²) in [4.78, 5) is 16.9. The van der Waals surface area contributed by atoms with Crippen LogP contribution >= 0.6 is 11.6 Å². The van der Waals surface area contributed by atoms with Gasteiger partial charge < -0.3 is 5.73 Å². The molecule has 0 aliphatic heterocycles. The second-order valence-electron chi connectivity index (χ2n) is 3.59. The highest BCUT2D eigenvalue weighted by molar-refractivity contribution is 6.31. The zero-order valence-electron chi connectivity index (χ0n) is 9.72. The lowest BCUT2D eigenvalue weighted by Crippen LogP contribution is -2.32. The molecule has 7 heteroatoms. The average Bonchev–Trinajstić information content (AvgIpc) is 2.77. The van der Waals surface area contributed by atoms with E-state index in [0.717, 1.165) is 0 Å². The van der Waals surface area contributed by atoms with Crippen molar-refractivity contribution in [3.8, 4) is 0 Å². The van der Waals surface area contributed by atoms with E-state index >= 15 is 0 Å². The Morgan fingerprint density at radius 2 is 2.33 bits per heavy atom. The summed E-state index contributed by atoms with van der Waals surface area (Å²) in [6, 6.07) is 6.09. The highest BCUT2D eigenvalue weighted by Crippen LogP contribution is 2.24. The van der Waals surface area contributed by atoms with E-state index in [4.69, 9.17) is 17.3 Å². The van der Waals surface area contributed by atoms with Crippen molar-refractivity contribution in [2.75, 3.05) is 4.90 Å². The zero-order valence-corrected chi connectivity index (χ0v) is 10.5. The maximum absolute atomic E-state index is 11.5. The molecule has 6 nitrogen and oxygen atoms in total. The van der Waals surface area contributed by atoms with Crippen LogP contribution in [0.25, 0.3) is 0 Å². The Hall–Kier alpha value is -2.08. The van der Waals surface area contributed by atoms with Crippen LogP contribution in [-0.4, -0.2) is 21.2 Å². The molecule has 0 atom stereocenters. The molecule has 2 aromatic rings. The van der Waals surface area contributed by atoms with Crippen LogP contribution in [-0.2, 0) is 6.42 Å². The van der Waals surface area contributed by atoms with E-state index in [2.05, 4.69) is 15.2 Å². The van der Waals surface area contributed by atoms with Crippen molar-refractivity contribution < 1.29 is 4.79 Å². The quantitative estimate of drug-likeness (QED) is 0.892. The van der Waals surface area contributed by atoms with E-state index in [9.17, 15) is 4.79 Å². The van der Waals surface area contributed by atoms with Gasteiger partial charge in [0.2, 0.25) is 0 Å². The minimum atomic E-state index is -0.668. The monoisotopic (exact) mass is 265 g/mol. The number of aryl methyl sites for hydroxylation is 1. The number of nitrogens with one attached hydrogen (secondary N) is 1. The fraction of sp³-hybridized carbons (Fsp3) is 0.182.